The van der Waals surface area contributed by atoms with Crippen LogP contribution in [0.15, 0.2) is 91.0 Å². The molecule has 4 rings (SSSR count). The molecule has 26 heavy (non-hydrogen) atoms. The van der Waals surface area contributed by atoms with E-state index in [-0.39, 0.29) is 0 Å². The molecule has 0 fully saturated rings. The Bertz CT molecular complexity index is 985. The summed E-state index contributed by atoms with van der Waals surface area (Å²) in [7, 11) is 4.09. The average Bonchev–Trinajstić information content (AvgIpc) is 3.15. The van der Waals surface area contributed by atoms with Gasteiger partial charge in [-0.15, -0.1) is 0 Å². The van der Waals surface area contributed by atoms with Crippen molar-refractivity contribution in [1.29, 1.82) is 0 Å². The molecule has 3 aromatic carbocycles. The summed E-state index contributed by atoms with van der Waals surface area (Å²) in [6.07, 6.45) is 0. The van der Waals surface area contributed by atoms with Crippen LogP contribution in [0.4, 0.5) is 5.69 Å². The van der Waals surface area contributed by atoms with Crippen LogP contribution < -0.4 is 4.90 Å². The van der Waals surface area contributed by atoms with E-state index in [0.29, 0.717) is 0 Å². The number of aromatic nitrogens is 2. The van der Waals surface area contributed by atoms with Crippen LogP contribution in [-0.4, -0.2) is 23.9 Å². The highest BCUT2D eigenvalue weighted by molar-refractivity contribution is 5.70. The minimum absolute atomic E-state index is 0.973. The Kier molecular flexibility index (Phi) is 4.28. The topological polar surface area (TPSA) is 21.1 Å². The second-order valence-corrected chi connectivity index (χ2v) is 6.47. The van der Waals surface area contributed by atoms with Crippen LogP contribution in [-0.2, 0) is 0 Å². The molecule has 0 bridgehead atoms. The lowest BCUT2D eigenvalue weighted by molar-refractivity contribution is 0.891. The molecule has 0 amide bonds. The Morgan fingerprint density at radius 2 is 1.27 bits per heavy atom. The Hall–Kier alpha value is -3.33. The Morgan fingerprint density at radius 3 is 1.85 bits per heavy atom. The first-order chi connectivity index (χ1) is 12.7. The van der Waals surface area contributed by atoms with Crippen LogP contribution >= 0.6 is 0 Å². The molecular formula is C23H21N3. The van der Waals surface area contributed by atoms with E-state index in [1.807, 2.05) is 43.0 Å². The number of nitrogens with zero attached hydrogens (tertiary/aromatic N) is 3. The standard InChI is InChI=1S/C23H21N3/c1-25(2)20-13-15-21(16-14-20)26-23(19-11-7-4-8-12-19)17-22(24-26)18-9-5-3-6-10-18/h3-17H,1-2H3. The molecule has 0 N–H and O–H groups in total. The molecule has 4 aromatic rings. The number of anilines is 1. The van der Waals surface area contributed by atoms with Gasteiger partial charge in [0.2, 0.25) is 0 Å². The van der Waals surface area contributed by atoms with Gasteiger partial charge in [-0.25, -0.2) is 4.68 Å². The highest BCUT2D eigenvalue weighted by Crippen LogP contribution is 2.29. The Morgan fingerprint density at radius 1 is 0.692 bits per heavy atom. The fourth-order valence-electron chi connectivity index (χ4n) is 3.03. The van der Waals surface area contributed by atoms with Gasteiger partial charge >= 0.3 is 0 Å². The first-order valence-electron chi connectivity index (χ1n) is 8.71. The molecule has 0 aliphatic rings. The van der Waals surface area contributed by atoms with Gasteiger partial charge in [0.1, 0.15) is 0 Å². The summed E-state index contributed by atoms with van der Waals surface area (Å²) in [5.41, 5.74) is 6.55. The zero-order chi connectivity index (χ0) is 17.9. The van der Waals surface area contributed by atoms with Crippen LogP contribution in [0.5, 0.6) is 0 Å². The summed E-state index contributed by atoms with van der Waals surface area (Å²) in [6, 6.07) is 31.3. The number of benzene rings is 3. The van der Waals surface area contributed by atoms with E-state index in [1.54, 1.807) is 0 Å². The molecule has 1 heterocycles. The highest BCUT2D eigenvalue weighted by Gasteiger charge is 2.13. The second kappa shape index (κ2) is 6.89. The lowest BCUT2D eigenvalue weighted by Gasteiger charge is -2.13. The van der Waals surface area contributed by atoms with E-state index in [1.165, 1.54) is 5.69 Å². The molecule has 1 aromatic heterocycles. The average molecular weight is 339 g/mol. The lowest BCUT2D eigenvalue weighted by atomic mass is 10.1. The first kappa shape index (κ1) is 16.2. The summed E-state index contributed by atoms with van der Waals surface area (Å²) in [5, 5.41) is 4.90. The number of rotatable bonds is 4. The van der Waals surface area contributed by atoms with Crippen molar-refractivity contribution >= 4 is 5.69 Å². The Balaban J connectivity index is 1.85. The van der Waals surface area contributed by atoms with Gasteiger partial charge < -0.3 is 4.90 Å². The van der Waals surface area contributed by atoms with E-state index >= 15 is 0 Å². The van der Waals surface area contributed by atoms with E-state index in [9.17, 15) is 0 Å². The molecule has 0 aliphatic heterocycles. The maximum absolute atomic E-state index is 4.90. The molecule has 0 saturated carbocycles. The predicted molar refractivity (Wildman–Crippen MR) is 109 cm³/mol. The summed E-state index contributed by atoms with van der Waals surface area (Å²) < 4.78 is 2.02. The fraction of sp³-hybridized carbons (Fsp3) is 0.0870. The smallest absolute Gasteiger partial charge is 0.0934 e. The van der Waals surface area contributed by atoms with Gasteiger partial charge in [0.25, 0.3) is 0 Å². The van der Waals surface area contributed by atoms with Crippen molar-refractivity contribution in [3.05, 3.63) is 91.0 Å². The number of hydrogen-bond acceptors (Lipinski definition) is 2. The molecule has 0 atom stereocenters. The Labute approximate surface area is 154 Å². The van der Waals surface area contributed by atoms with Crippen LogP contribution in [0.25, 0.3) is 28.2 Å². The largest absolute Gasteiger partial charge is 0.378 e. The molecule has 3 heteroatoms. The van der Waals surface area contributed by atoms with Crippen molar-refractivity contribution in [3.8, 4) is 28.2 Å². The predicted octanol–water partition coefficient (Wildman–Crippen LogP) is 5.27. The van der Waals surface area contributed by atoms with Crippen LogP contribution in [0.1, 0.15) is 0 Å². The SMILES string of the molecule is CN(C)c1ccc(-n2nc(-c3ccccc3)cc2-c2ccccc2)cc1. The summed E-state index contributed by atoms with van der Waals surface area (Å²) in [5.74, 6) is 0. The minimum atomic E-state index is 0.973. The lowest BCUT2D eigenvalue weighted by Crippen LogP contribution is -2.08. The van der Waals surface area contributed by atoms with Gasteiger partial charge in [-0.1, -0.05) is 60.7 Å². The molecule has 0 spiro atoms. The summed E-state index contributed by atoms with van der Waals surface area (Å²) >= 11 is 0. The monoisotopic (exact) mass is 339 g/mol. The van der Waals surface area contributed by atoms with Crippen molar-refractivity contribution in [2.24, 2.45) is 0 Å². The fourth-order valence-corrected chi connectivity index (χ4v) is 3.03. The minimum Gasteiger partial charge on any atom is -0.378 e. The van der Waals surface area contributed by atoms with E-state index < -0.39 is 0 Å². The molecule has 3 nitrogen and oxygen atoms in total. The van der Waals surface area contributed by atoms with E-state index in [0.717, 1.165) is 28.2 Å². The first-order valence-corrected chi connectivity index (χ1v) is 8.71. The molecule has 0 aliphatic carbocycles. The van der Waals surface area contributed by atoms with Gasteiger partial charge in [0, 0.05) is 30.9 Å². The quantitative estimate of drug-likeness (QED) is 0.505. The third kappa shape index (κ3) is 3.11. The van der Waals surface area contributed by atoms with Crippen molar-refractivity contribution in [2.45, 2.75) is 0 Å². The molecule has 0 unspecified atom stereocenters. The van der Waals surface area contributed by atoms with Crippen molar-refractivity contribution in [1.82, 2.24) is 9.78 Å². The second-order valence-electron chi connectivity index (χ2n) is 6.47. The van der Waals surface area contributed by atoms with Gasteiger partial charge in [0.05, 0.1) is 17.1 Å². The normalized spacial score (nSPS) is 10.7. The number of hydrogen-bond donors (Lipinski definition) is 0. The molecule has 0 radical (unpaired) electrons. The highest BCUT2D eigenvalue weighted by atomic mass is 15.3. The van der Waals surface area contributed by atoms with E-state index in [2.05, 4.69) is 71.6 Å². The van der Waals surface area contributed by atoms with E-state index in [4.69, 9.17) is 5.10 Å². The van der Waals surface area contributed by atoms with Crippen LogP contribution in [0.3, 0.4) is 0 Å². The van der Waals surface area contributed by atoms with Gasteiger partial charge in [-0.2, -0.15) is 5.10 Å². The molecule has 0 saturated heterocycles. The summed E-state index contributed by atoms with van der Waals surface area (Å²) in [6.45, 7) is 0. The van der Waals surface area contributed by atoms with Gasteiger partial charge in [-0.3, -0.25) is 0 Å². The maximum atomic E-state index is 4.90. The van der Waals surface area contributed by atoms with Crippen molar-refractivity contribution < 1.29 is 0 Å². The third-order valence-corrected chi connectivity index (χ3v) is 4.46. The van der Waals surface area contributed by atoms with Crippen molar-refractivity contribution in [2.75, 3.05) is 19.0 Å². The van der Waals surface area contributed by atoms with Crippen LogP contribution in [0, 0.1) is 0 Å². The zero-order valence-electron chi connectivity index (χ0n) is 15.0. The molecular weight excluding hydrogens is 318 g/mol. The van der Waals surface area contributed by atoms with Gasteiger partial charge in [0.15, 0.2) is 0 Å². The summed E-state index contributed by atoms with van der Waals surface area (Å²) in [4.78, 5) is 2.10. The van der Waals surface area contributed by atoms with Crippen molar-refractivity contribution in [3.63, 3.8) is 0 Å². The zero-order valence-corrected chi connectivity index (χ0v) is 15.0. The van der Waals surface area contributed by atoms with Gasteiger partial charge in [-0.05, 0) is 30.3 Å². The maximum Gasteiger partial charge on any atom is 0.0934 e. The third-order valence-electron chi connectivity index (χ3n) is 4.46. The van der Waals surface area contributed by atoms with Crippen LogP contribution in [0.2, 0.25) is 0 Å². The molecule has 128 valence electrons.